The molecule has 1 aliphatic rings. The van der Waals surface area contributed by atoms with E-state index in [4.69, 9.17) is 5.11 Å². The first-order chi connectivity index (χ1) is 9.60. The Kier molecular flexibility index (Phi) is 3.70. The Labute approximate surface area is 117 Å². The topological polar surface area (TPSA) is 80.7 Å². The molecular weight excluding hydrogens is 313 g/mol. The number of aromatic carboxylic acids is 1. The Bertz CT molecular complexity index is 719. The molecule has 9 heteroatoms. The van der Waals surface area contributed by atoms with Crippen molar-refractivity contribution in [1.82, 2.24) is 0 Å². The number of hydrogen-bond acceptors (Lipinski definition) is 4. The zero-order valence-corrected chi connectivity index (χ0v) is 11.2. The third-order valence-corrected chi connectivity index (χ3v) is 3.85. The van der Waals surface area contributed by atoms with Crippen LogP contribution in [0.1, 0.15) is 27.9 Å². The van der Waals surface area contributed by atoms with Gasteiger partial charge in [-0.3, -0.25) is 0 Å². The lowest BCUT2D eigenvalue weighted by Crippen LogP contribution is -2.25. The number of halogens is 3. The molecule has 21 heavy (non-hydrogen) atoms. The summed E-state index contributed by atoms with van der Waals surface area (Å²) in [5.74, 6) is -1.57. The normalized spacial score (nSPS) is 15.1. The highest BCUT2D eigenvalue weighted by molar-refractivity contribution is 7.87. The largest absolute Gasteiger partial charge is 0.534 e. The standard InChI is InChI=1S/C12H9F3O5S/c13-12(14,15)21(18,19)20-10-4-3-7-1-2-8(11(16)17)5-9(7)6-10/h1-2,5-6H,3-4H2,(H,16,17). The first-order valence-corrected chi connectivity index (χ1v) is 7.08. The summed E-state index contributed by atoms with van der Waals surface area (Å²) in [5, 5.41) is 8.85. The average Bonchev–Trinajstić information content (AvgIpc) is 2.36. The minimum Gasteiger partial charge on any atom is -0.478 e. The first-order valence-electron chi connectivity index (χ1n) is 5.68. The zero-order chi connectivity index (χ0) is 15.8. The Hall–Kier alpha value is -2.03. The van der Waals surface area contributed by atoms with Gasteiger partial charge in [-0.2, -0.15) is 21.6 Å². The van der Waals surface area contributed by atoms with Crippen molar-refractivity contribution in [2.24, 2.45) is 0 Å². The predicted molar refractivity (Wildman–Crippen MR) is 65.8 cm³/mol. The van der Waals surface area contributed by atoms with E-state index in [9.17, 15) is 26.4 Å². The van der Waals surface area contributed by atoms with Crippen molar-refractivity contribution < 1.29 is 35.7 Å². The third-order valence-electron chi connectivity index (χ3n) is 2.85. The highest BCUT2D eigenvalue weighted by Gasteiger charge is 2.48. The highest BCUT2D eigenvalue weighted by atomic mass is 32.2. The van der Waals surface area contributed by atoms with Gasteiger partial charge in [0.1, 0.15) is 5.76 Å². The third kappa shape index (κ3) is 3.18. The number of alkyl halides is 3. The Morgan fingerprint density at radius 3 is 2.48 bits per heavy atom. The second-order valence-electron chi connectivity index (χ2n) is 4.31. The number of carboxylic acid groups (broad SMARTS) is 1. The number of benzene rings is 1. The lowest BCUT2D eigenvalue weighted by atomic mass is 9.94. The van der Waals surface area contributed by atoms with E-state index in [1.165, 1.54) is 18.2 Å². The van der Waals surface area contributed by atoms with Crippen LogP contribution in [0.5, 0.6) is 0 Å². The summed E-state index contributed by atoms with van der Waals surface area (Å²) in [6.07, 6.45) is 1.34. The molecule has 0 saturated heterocycles. The van der Waals surface area contributed by atoms with Gasteiger partial charge in [-0.15, -0.1) is 0 Å². The molecule has 0 atom stereocenters. The summed E-state index contributed by atoms with van der Waals surface area (Å²) in [6.45, 7) is 0. The van der Waals surface area contributed by atoms with Crippen LogP contribution >= 0.6 is 0 Å². The summed E-state index contributed by atoms with van der Waals surface area (Å²) >= 11 is 0. The number of aryl methyl sites for hydroxylation is 1. The lowest BCUT2D eigenvalue weighted by molar-refractivity contribution is -0.0522. The van der Waals surface area contributed by atoms with Gasteiger partial charge in [-0.05, 0) is 35.8 Å². The van der Waals surface area contributed by atoms with Gasteiger partial charge < -0.3 is 9.29 Å². The number of rotatable bonds is 3. The molecule has 114 valence electrons. The molecule has 0 unspecified atom stereocenters. The Balaban J connectivity index is 2.34. The summed E-state index contributed by atoms with van der Waals surface area (Å²) in [5.41, 5.74) is -4.52. The molecule has 0 amide bonds. The zero-order valence-electron chi connectivity index (χ0n) is 10.3. The minimum atomic E-state index is -5.71. The van der Waals surface area contributed by atoms with Crippen LogP contribution in [0.4, 0.5) is 13.2 Å². The van der Waals surface area contributed by atoms with Crippen LogP contribution in [0.3, 0.4) is 0 Å². The fourth-order valence-electron chi connectivity index (χ4n) is 1.85. The summed E-state index contributed by atoms with van der Waals surface area (Å²) in [4.78, 5) is 10.8. The van der Waals surface area contributed by atoms with E-state index in [1.54, 1.807) is 0 Å². The van der Waals surface area contributed by atoms with Gasteiger partial charge in [0.15, 0.2) is 0 Å². The molecule has 0 radical (unpaired) electrons. The van der Waals surface area contributed by atoms with Crippen molar-refractivity contribution in [2.75, 3.05) is 0 Å². The number of carboxylic acids is 1. The fraction of sp³-hybridized carbons (Fsp3) is 0.250. The summed E-state index contributed by atoms with van der Waals surface area (Å²) < 4.78 is 62.6. The van der Waals surface area contributed by atoms with Crippen molar-refractivity contribution >= 4 is 22.2 Å². The summed E-state index contributed by atoms with van der Waals surface area (Å²) in [6, 6.07) is 4.15. The van der Waals surface area contributed by atoms with Gasteiger partial charge in [-0.1, -0.05) is 6.07 Å². The smallest absolute Gasteiger partial charge is 0.478 e. The van der Waals surface area contributed by atoms with Crippen molar-refractivity contribution in [2.45, 2.75) is 18.3 Å². The highest BCUT2D eigenvalue weighted by Crippen LogP contribution is 2.31. The number of allylic oxidation sites excluding steroid dienone is 1. The van der Waals surface area contributed by atoms with E-state index < -0.39 is 21.6 Å². The van der Waals surface area contributed by atoms with Crippen LogP contribution in [-0.4, -0.2) is 25.0 Å². The minimum absolute atomic E-state index is 0.0191. The van der Waals surface area contributed by atoms with Crippen molar-refractivity contribution in [3.05, 3.63) is 40.6 Å². The molecule has 0 spiro atoms. The maximum absolute atomic E-state index is 12.2. The second kappa shape index (κ2) is 5.06. The lowest BCUT2D eigenvalue weighted by Gasteiger charge is -2.18. The van der Waals surface area contributed by atoms with Crippen molar-refractivity contribution in [3.8, 4) is 0 Å². The monoisotopic (exact) mass is 322 g/mol. The maximum Gasteiger partial charge on any atom is 0.534 e. The van der Waals surface area contributed by atoms with E-state index in [1.807, 2.05) is 0 Å². The molecule has 0 fully saturated rings. The van der Waals surface area contributed by atoms with E-state index in [-0.39, 0.29) is 24.2 Å². The number of carbonyl (C=O) groups is 1. The van der Waals surface area contributed by atoms with Crippen LogP contribution < -0.4 is 0 Å². The van der Waals surface area contributed by atoms with E-state index in [0.717, 1.165) is 6.08 Å². The van der Waals surface area contributed by atoms with Crippen molar-refractivity contribution in [1.29, 1.82) is 0 Å². The molecule has 1 aliphatic carbocycles. The van der Waals surface area contributed by atoms with E-state index in [2.05, 4.69) is 4.18 Å². The van der Waals surface area contributed by atoms with Gasteiger partial charge in [-0.25, -0.2) is 4.79 Å². The van der Waals surface area contributed by atoms with E-state index >= 15 is 0 Å². The molecule has 0 saturated carbocycles. The van der Waals surface area contributed by atoms with Crippen LogP contribution in [0.15, 0.2) is 24.0 Å². The molecular formula is C12H9F3O5S. The van der Waals surface area contributed by atoms with Gasteiger partial charge in [0.05, 0.1) is 5.56 Å². The fourth-order valence-corrected chi connectivity index (χ4v) is 2.36. The molecule has 0 bridgehead atoms. The van der Waals surface area contributed by atoms with Crippen LogP contribution in [0, 0.1) is 0 Å². The van der Waals surface area contributed by atoms with Crippen LogP contribution in [0.2, 0.25) is 0 Å². The quantitative estimate of drug-likeness (QED) is 0.683. The molecule has 0 heterocycles. The maximum atomic E-state index is 12.2. The first kappa shape index (κ1) is 15.4. The SMILES string of the molecule is O=C(O)c1ccc2c(c1)C=C(OS(=O)(=O)C(F)(F)F)CC2. The number of hydrogen-bond donors (Lipinski definition) is 1. The van der Waals surface area contributed by atoms with Gasteiger partial charge >= 0.3 is 21.6 Å². The van der Waals surface area contributed by atoms with E-state index in [0.29, 0.717) is 11.1 Å². The van der Waals surface area contributed by atoms with Gasteiger partial charge in [0.2, 0.25) is 0 Å². The molecule has 0 aromatic heterocycles. The van der Waals surface area contributed by atoms with Crippen molar-refractivity contribution in [3.63, 3.8) is 0 Å². The molecule has 0 aliphatic heterocycles. The van der Waals surface area contributed by atoms with Gasteiger partial charge in [0, 0.05) is 6.42 Å². The molecule has 1 aromatic rings. The molecule has 1 aromatic carbocycles. The van der Waals surface area contributed by atoms with Crippen LogP contribution in [0.25, 0.3) is 6.08 Å². The predicted octanol–water partition coefficient (Wildman–Crippen LogP) is 2.54. The Morgan fingerprint density at radius 1 is 1.24 bits per heavy atom. The molecule has 5 nitrogen and oxygen atoms in total. The Morgan fingerprint density at radius 2 is 1.90 bits per heavy atom. The molecule has 1 N–H and O–H groups in total. The average molecular weight is 322 g/mol. The molecule has 2 rings (SSSR count). The second-order valence-corrected chi connectivity index (χ2v) is 5.85. The summed E-state index contributed by atoms with van der Waals surface area (Å²) in [7, 11) is -5.71. The number of fused-ring (bicyclic) bond motifs is 1. The van der Waals surface area contributed by atoms with Crippen LogP contribution in [-0.2, 0) is 20.7 Å². The van der Waals surface area contributed by atoms with Gasteiger partial charge in [0.25, 0.3) is 0 Å².